The molecule has 0 unspecified atom stereocenters. The minimum atomic E-state index is -0.538. The molecule has 0 aliphatic heterocycles. The normalized spacial score (nSPS) is 10.6. The predicted octanol–water partition coefficient (Wildman–Crippen LogP) is 2.79. The first-order chi connectivity index (χ1) is 10.5. The van der Waals surface area contributed by atoms with Crippen LogP contribution in [0, 0.1) is 13.8 Å². The standard InChI is InChI=1S/C17H15N3O2/c1-10-7-8-13(11(2)9-10)18-16(21)15-12-5-3-4-6-14(12)19-17(22)20-15/h3-9H,1-2H3,(H,18,21)(H,19,20,22). The van der Waals surface area contributed by atoms with Crippen molar-refractivity contribution in [2.75, 3.05) is 5.32 Å². The van der Waals surface area contributed by atoms with Crippen LogP contribution >= 0.6 is 0 Å². The van der Waals surface area contributed by atoms with Crippen molar-refractivity contribution >= 4 is 22.5 Å². The molecule has 0 radical (unpaired) electrons. The summed E-state index contributed by atoms with van der Waals surface area (Å²) in [5, 5.41) is 3.43. The third-order valence-electron chi connectivity index (χ3n) is 3.48. The molecule has 5 heteroatoms. The van der Waals surface area contributed by atoms with Gasteiger partial charge < -0.3 is 10.3 Å². The van der Waals surface area contributed by atoms with Crippen molar-refractivity contribution in [3.05, 3.63) is 69.8 Å². The number of carbonyl (C=O) groups excluding carboxylic acids is 1. The Morgan fingerprint density at radius 1 is 1.14 bits per heavy atom. The summed E-state index contributed by atoms with van der Waals surface area (Å²) >= 11 is 0. The van der Waals surface area contributed by atoms with Crippen LogP contribution in [-0.4, -0.2) is 15.9 Å². The molecule has 0 aliphatic rings. The van der Waals surface area contributed by atoms with Gasteiger partial charge in [-0.1, -0.05) is 35.9 Å². The van der Waals surface area contributed by atoms with E-state index < -0.39 is 11.6 Å². The number of nitrogens with one attached hydrogen (secondary N) is 2. The lowest BCUT2D eigenvalue weighted by Gasteiger charge is -2.10. The molecule has 0 fully saturated rings. The van der Waals surface area contributed by atoms with E-state index in [4.69, 9.17) is 0 Å². The van der Waals surface area contributed by atoms with Crippen molar-refractivity contribution in [3.63, 3.8) is 0 Å². The van der Waals surface area contributed by atoms with Crippen LogP contribution in [0.3, 0.4) is 0 Å². The Kier molecular flexibility index (Phi) is 3.47. The van der Waals surface area contributed by atoms with E-state index >= 15 is 0 Å². The van der Waals surface area contributed by atoms with Crippen molar-refractivity contribution in [1.29, 1.82) is 0 Å². The van der Waals surface area contributed by atoms with Gasteiger partial charge in [-0.25, -0.2) is 4.79 Å². The lowest BCUT2D eigenvalue weighted by molar-refractivity contribution is 0.102. The molecule has 0 saturated carbocycles. The zero-order chi connectivity index (χ0) is 15.7. The minimum Gasteiger partial charge on any atom is -0.320 e. The molecule has 2 aromatic carbocycles. The summed E-state index contributed by atoms with van der Waals surface area (Å²) in [5.41, 5.74) is 2.97. The number of H-pyrrole nitrogens is 1. The van der Waals surface area contributed by atoms with Crippen LogP contribution in [0.4, 0.5) is 5.69 Å². The predicted molar refractivity (Wildman–Crippen MR) is 86.2 cm³/mol. The van der Waals surface area contributed by atoms with E-state index in [-0.39, 0.29) is 5.69 Å². The summed E-state index contributed by atoms with van der Waals surface area (Å²) in [6.07, 6.45) is 0. The van der Waals surface area contributed by atoms with Gasteiger partial charge in [0.05, 0.1) is 5.52 Å². The van der Waals surface area contributed by atoms with Gasteiger partial charge >= 0.3 is 5.69 Å². The van der Waals surface area contributed by atoms with Crippen LogP contribution in [-0.2, 0) is 0 Å². The Morgan fingerprint density at radius 3 is 2.68 bits per heavy atom. The van der Waals surface area contributed by atoms with Crippen molar-refractivity contribution in [3.8, 4) is 0 Å². The number of aryl methyl sites for hydroxylation is 2. The Balaban J connectivity index is 2.04. The molecule has 5 nitrogen and oxygen atoms in total. The fourth-order valence-electron chi connectivity index (χ4n) is 2.41. The number of hydrogen-bond donors (Lipinski definition) is 2. The van der Waals surface area contributed by atoms with Crippen LogP contribution in [0.5, 0.6) is 0 Å². The molecule has 1 heterocycles. The highest BCUT2D eigenvalue weighted by atomic mass is 16.2. The first-order valence-corrected chi connectivity index (χ1v) is 6.92. The van der Waals surface area contributed by atoms with E-state index in [9.17, 15) is 9.59 Å². The average molecular weight is 293 g/mol. The van der Waals surface area contributed by atoms with E-state index in [1.807, 2.05) is 32.0 Å². The first-order valence-electron chi connectivity index (χ1n) is 6.92. The minimum absolute atomic E-state index is 0.124. The molecular weight excluding hydrogens is 278 g/mol. The van der Waals surface area contributed by atoms with Crippen molar-refractivity contribution < 1.29 is 4.79 Å². The molecule has 0 atom stereocenters. The molecule has 2 N–H and O–H groups in total. The third kappa shape index (κ3) is 2.61. The molecule has 0 aliphatic carbocycles. The number of aromatic nitrogens is 2. The SMILES string of the molecule is Cc1ccc(NC(=O)c2nc(=O)[nH]c3ccccc23)c(C)c1. The van der Waals surface area contributed by atoms with Gasteiger partial charge in [0.15, 0.2) is 0 Å². The van der Waals surface area contributed by atoms with Crippen LogP contribution in [0.25, 0.3) is 10.9 Å². The summed E-state index contributed by atoms with van der Waals surface area (Å²) in [4.78, 5) is 30.6. The van der Waals surface area contributed by atoms with E-state index in [1.54, 1.807) is 24.3 Å². The Labute approximate surface area is 127 Å². The topological polar surface area (TPSA) is 74.8 Å². The summed E-state index contributed by atoms with van der Waals surface area (Å²) in [6.45, 7) is 3.91. The van der Waals surface area contributed by atoms with Crippen molar-refractivity contribution in [2.45, 2.75) is 13.8 Å². The van der Waals surface area contributed by atoms with E-state index in [2.05, 4.69) is 15.3 Å². The average Bonchev–Trinajstić information content (AvgIpc) is 2.49. The lowest BCUT2D eigenvalue weighted by Crippen LogP contribution is -2.21. The second kappa shape index (κ2) is 5.44. The fourth-order valence-corrected chi connectivity index (χ4v) is 2.41. The lowest BCUT2D eigenvalue weighted by atomic mass is 10.1. The van der Waals surface area contributed by atoms with Gasteiger partial charge in [0.2, 0.25) is 0 Å². The fraction of sp³-hybridized carbons (Fsp3) is 0.118. The number of fused-ring (bicyclic) bond motifs is 1. The monoisotopic (exact) mass is 293 g/mol. The van der Waals surface area contributed by atoms with E-state index in [1.165, 1.54) is 0 Å². The van der Waals surface area contributed by atoms with Gasteiger partial charge in [-0.2, -0.15) is 4.98 Å². The summed E-state index contributed by atoms with van der Waals surface area (Å²) in [7, 11) is 0. The number of amides is 1. The van der Waals surface area contributed by atoms with E-state index in [0.29, 0.717) is 16.6 Å². The number of aromatic amines is 1. The number of benzene rings is 2. The van der Waals surface area contributed by atoms with Crippen molar-refractivity contribution in [2.24, 2.45) is 0 Å². The van der Waals surface area contributed by atoms with Crippen molar-refractivity contribution in [1.82, 2.24) is 9.97 Å². The molecule has 3 aromatic rings. The molecule has 3 rings (SSSR count). The summed E-state index contributed by atoms with van der Waals surface area (Å²) in [6, 6.07) is 12.9. The quantitative estimate of drug-likeness (QED) is 0.763. The van der Waals surface area contributed by atoms with Gasteiger partial charge in [0.1, 0.15) is 5.69 Å². The zero-order valence-electron chi connectivity index (χ0n) is 12.3. The Hall–Kier alpha value is -2.95. The Bertz CT molecular complexity index is 929. The molecule has 1 aromatic heterocycles. The molecule has 0 saturated heterocycles. The number of para-hydroxylation sites is 1. The number of carbonyl (C=O) groups is 1. The first kappa shape index (κ1) is 14.0. The van der Waals surface area contributed by atoms with Crippen LogP contribution in [0.15, 0.2) is 47.3 Å². The molecule has 0 bridgehead atoms. The third-order valence-corrected chi connectivity index (χ3v) is 3.48. The number of hydrogen-bond acceptors (Lipinski definition) is 3. The van der Waals surface area contributed by atoms with Crippen LogP contribution in [0.2, 0.25) is 0 Å². The molecule has 1 amide bonds. The maximum absolute atomic E-state index is 12.5. The molecule has 0 spiro atoms. The van der Waals surface area contributed by atoms with E-state index in [0.717, 1.165) is 11.1 Å². The van der Waals surface area contributed by atoms with Gasteiger partial charge in [-0.05, 0) is 31.5 Å². The highest BCUT2D eigenvalue weighted by Gasteiger charge is 2.14. The molecular formula is C17H15N3O2. The second-order valence-electron chi connectivity index (χ2n) is 5.21. The number of anilines is 1. The summed E-state index contributed by atoms with van der Waals surface area (Å²) < 4.78 is 0. The smallest absolute Gasteiger partial charge is 0.320 e. The van der Waals surface area contributed by atoms with Gasteiger partial charge in [-0.15, -0.1) is 0 Å². The van der Waals surface area contributed by atoms with Crippen LogP contribution < -0.4 is 11.0 Å². The largest absolute Gasteiger partial charge is 0.346 e. The zero-order valence-corrected chi connectivity index (χ0v) is 12.3. The van der Waals surface area contributed by atoms with Gasteiger partial charge in [-0.3, -0.25) is 4.79 Å². The highest BCUT2D eigenvalue weighted by molar-refractivity contribution is 6.10. The Morgan fingerprint density at radius 2 is 1.91 bits per heavy atom. The molecule has 110 valence electrons. The second-order valence-corrected chi connectivity index (χ2v) is 5.21. The maximum Gasteiger partial charge on any atom is 0.346 e. The summed E-state index contributed by atoms with van der Waals surface area (Å²) in [5.74, 6) is -0.394. The maximum atomic E-state index is 12.5. The number of rotatable bonds is 2. The molecule has 22 heavy (non-hydrogen) atoms. The highest BCUT2D eigenvalue weighted by Crippen LogP contribution is 2.18. The number of nitrogens with zero attached hydrogens (tertiary/aromatic N) is 1. The van der Waals surface area contributed by atoms with Crippen LogP contribution in [0.1, 0.15) is 21.6 Å². The van der Waals surface area contributed by atoms with Gasteiger partial charge in [0.25, 0.3) is 5.91 Å². The van der Waals surface area contributed by atoms with Gasteiger partial charge in [0, 0.05) is 11.1 Å².